The summed E-state index contributed by atoms with van der Waals surface area (Å²) in [7, 11) is 0. The second-order valence-electron chi connectivity index (χ2n) is 5.30. The van der Waals surface area contributed by atoms with Crippen LogP contribution in [0.25, 0.3) is 0 Å². The molecule has 138 valence electrons. The van der Waals surface area contributed by atoms with Gasteiger partial charge in [-0.2, -0.15) is 13.9 Å². The predicted octanol–water partition coefficient (Wildman–Crippen LogP) is 4.82. The maximum atomic E-state index is 12.4. The number of ether oxygens (including phenoxy) is 1. The van der Waals surface area contributed by atoms with Gasteiger partial charge < -0.3 is 15.4 Å². The molecule has 0 unspecified atom stereocenters. The van der Waals surface area contributed by atoms with Gasteiger partial charge >= 0.3 is 6.61 Å². The summed E-state index contributed by atoms with van der Waals surface area (Å²) < 4.78 is 29.1. The minimum absolute atomic E-state index is 0.0665. The van der Waals surface area contributed by atoms with E-state index in [1.54, 1.807) is 25.4 Å². The Hall–Kier alpha value is -2.81. The Morgan fingerprint density at radius 2 is 2.04 bits per heavy atom. The molecule has 0 bridgehead atoms. The molecule has 0 saturated heterocycles. The largest absolute Gasteiger partial charge is 0.433 e. The standard InChI is InChI=1S/C16H17ClF2N6O/c1-9-6-22-16(23-7-9)24-10(2)13(25-20)8-21-11-3-4-12(17)14(5-11)26-15(18)19/h3-8,10,15,20-21H,1-2H3,(H,22,23,24)/b13-8-,25-20?/t10-/m1/s1. The summed E-state index contributed by atoms with van der Waals surface area (Å²) in [5, 5.41) is 9.41. The van der Waals surface area contributed by atoms with E-state index in [4.69, 9.17) is 17.1 Å². The van der Waals surface area contributed by atoms with Gasteiger partial charge in [0, 0.05) is 30.3 Å². The minimum Gasteiger partial charge on any atom is -0.433 e. The van der Waals surface area contributed by atoms with Crippen LogP contribution >= 0.6 is 11.6 Å². The average molecular weight is 383 g/mol. The Labute approximate surface area is 154 Å². The van der Waals surface area contributed by atoms with Crippen LogP contribution in [0.4, 0.5) is 20.4 Å². The molecule has 0 saturated carbocycles. The number of aromatic nitrogens is 2. The zero-order valence-corrected chi connectivity index (χ0v) is 14.8. The van der Waals surface area contributed by atoms with Crippen molar-refractivity contribution in [2.45, 2.75) is 26.5 Å². The van der Waals surface area contributed by atoms with Gasteiger partial charge in [0.2, 0.25) is 5.95 Å². The molecule has 1 aromatic carbocycles. The lowest BCUT2D eigenvalue weighted by atomic mass is 10.2. The molecule has 0 aliphatic carbocycles. The lowest BCUT2D eigenvalue weighted by molar-refractivity contribution is -0.0497. The van der Waals surface area contributed by atoms with E-state index < -0.39 is 6.61 Å². The first kappa shape index (κ1) is 19.5. The number of rotatable bonds is 8. The van der Waals surface area contributed by atoms with Gasteiger partial charge in [-0.05, 0) is 31.5 Å². The van der Waals surface area contributed by atoms with E-state index in [0.29, 0.717) is 17.3 Å². The molecule has 0 spiro atoms. The van der Waals surface area contributed by atoms with Gasteiger partial charge in [-0.25, -0.2) is 15.5 Å². The number of hydrogen-bond donors (Lipinski definition) is 3. The molecule has 10 heteroatoms. The predicted molar refractivity (Wildman–Crippen MR) is 94.8 cm³/mol. The first-order valence-electron chi connectivity index (χ1n) is 7.52. The van der Waals surface area contributed by atoms with Crippen LogP contribution in [0.1, 0.15) is 12.5 Å². The van der Waals surface area contributed by atoms with Gasteiger partial charge in [0.1, 0.15) is 11.4 Å². The third-order valence-corrected chi connectivity index (χ3v) is 3.55. The topological polar surface area (TPSA) is 95.3 Å². The fourth-order valence-corrected chi connectivity index (χ4v) is 2.09. The van der Waals surface area contributed by atoms with E-state index >= 15 is 0 Å². The third-order valence-electron chi connectivity index (χ3n) is 3.23. The van der Waals surface area contributed by atoms with Crippen molar-refractivity contribution in [1.29, 1.82) is 5.53 Å². The highest BCUT2D eigenvalue weighted by Gasteiger charge is 2.11. The van der Waals surface area contributed by atoms with E-state index in [1.165, 1.54) is 18.3 Å². The monoisotopic (exact) mass is 382 g/mol. The summed E-state index contributed by atoms with van der Waals surface area (Å²) in [6.07, 6.45) is 4.80. The zero-order valence-electron chi connectivity index (χ0n) is 14.0. The second-order valence-corrected chi connectivity index (χ2v) is 5.71. The number of anilines is 2. The third kappa shape index (κ3) is 5.62. The van der Waals surface area contributed by atoms with Gasteiger partial charge in [-0.1, -0.05) is 11.6 Å². The van der Waals surface area contributed by atoms with Crippen LogP contribution in [0.2, 0.25) is 5.02 Å². The van der Waals surface area contributed by atoms with Crippen LogP contribution in [0, 0.1) is 12.5 Å². The number of halogens is 3. The molecular formula is C16H17ClF2N6O. The molecule has 0 aliphatic rings. The number of hydrogen-bond acceptors (Lipinski definition) is 7. The molecule has 2 aromatic rings. The van der Waals surface area contributed by atoms with Crippen LogP contribution in [0.3, 0.4) is 0 Å². The Bertz CT molecular complexity index is 785. The van der Waals surface area contributed by atoms with E-state index in [0.717, 1.165) is 5.56 Å². The van der Waals surface area contributed by atoms with Crippen molar-refractivity contribution < 1.29 is 13.5 Å². The van der Waals surface area contributed by atoms with E-state index in [1.807, 2.05) is 6.92 Å². The molecule has 7 nitrogen and oxygen atoms in total. The van der Waals surface area contributed by atoms with Crippen LogP contribution in [-0.2, 0) is 0 Å². The lowest BCUT2D eigenvalue weighted by Crippen LogP contribution is -2.19. The van der Waals surface area contributed by atoms with E-state index in [9.17, 15) is 8.78 Å². The fraction of sp³-hybridized carbons (Fsp3) is 0.250. The Kier molecular flexibility index (Phi) is 6.79. The summed E-state index contributed by atoms with van der Waals surface area (Å²) in [5.74, 6) is 0.250. The summed E-state index contributed by atoms with van der Waals surface area (Å²) in [6, 6.07) is 3.97. The highest BCUT2D eigenvalue weighted by Crippen LogP contribution is 2.29. The first-order valence-corrected chi connectivity index (χ1v) is 7.90. The maximum absolute atomic E-state index is 12.4. The number of aryl methyl sites for hydroxylation is 1. The van der Waals surface area contributed by atoms with Crippen LogP contribution in [0.15, 0.2) is 47.6 Å². The van der Waals surface area contributed by atoms with Crippen LogP contribution in [0.5, 0.6) is 5.75 Å². The summed E-state index contributed by atoms with van der Waals surface area (Å²) in [5.41, 5.74) is 9.04. The maximum Gasteiger partial charge on any atom is 0.387 e. The van der Waals surface area contributed by atoms with E-state index in [-0.39, 0.29) is 16.8 Å². The molecule has 1 heterocycles. The van der Waals surface area contributed by atoms with Crippen LogP contribution in [-0.4, -0.2) is 22.6 Å². The van der Waals surface area contributed by atoms with Gasteiger partial charge in [0.05, 0.1) is 11.1 Å². The van der Waals surface area contributed by atoms with Gasteiger partial charge in [-0.15, -0.1) is 0 Å². The molecular weight excluding hydrogens is 366 g/mol. The van der Waals surface area contributed by atoms with E-state index in [2.05, 4.69) is 30.5 Å². The van der Waals surface area contributed by atoms with Crippen LogP contribution < -0.4 is 15.4 Å². The SMILES string of the molecule is Cc1cnc(N[C@H](C)/C(=C/Nc2ccc(Cl)c(OC(F)F)c2)N=N)nc1. The molecule has 0 amide bonds. The second kappa shape index (κ2) is 9.04. The Morgan fingerprint density at radius 3 is 2.65 bits per heavy atom. The zero-order chi connectivity index (χ0) is 19.1. The summed E-state index contributed by atoms with van der Waals surface area (Å²) in [4.78, 5) is 8.25. The van der Waals surface area contributed by atoms with Gasteiger partial charge in [0.15, 0.2) is 0 Å². The molecule has 1 aromatic heterocycles. The van der Waals surface area contributed by atoms with Gasteiger partial charge in [0.25, 0.3) is 0 Å². The van der Waals surface area contributed by atoms with Gasteiger partial charge in [-0.3, -0.25) is 0 Å². The number of nitrogens with one attached hydrogen (secondary N) is 3. The Morgan fingerprint density at radius 1 is 1.35 bits per heavy atom. The number of benzene rings is 1. The number of alkyl halides is 2. The minimum atomic E-state index is -2.98. The van der Waals surface area contributed by atoms with Crippen molar-refractivity contribution in [3.63, 3.8) is 0 Å². The van der Waals surface area contributed by atoms with Crippen molar-refractivity contribution in [2.75, 3.05) is 10.6 Å². The molecule has 1 atom stereocenters. The Balaban J connectivity index is 2.08. The highest BCUT2D eigenvalue weighted by molar-refractivity contribution is 6.32. The normalized spacial score (nSPS) is 12.6. The van der Waals surface area contributed by atoms with Crippen molar-refractivity contribution in [2.24, 2.45) is 5.11 Å². The average Bonchev–Trinajstić information content (AvgIpc) is 2.59. The van der Waals surface area contributed by atoms with Crippen molar-refractivity contribution >= 4 is 23.2 Å². The molecule has 3 N–H and O–H groups in total. The summed E-state index contributed by atoms with van der Waals surface area (Å²) >= 11 is 5.81. The highest BCUT2D eigenvalue weighted by atomic mass is 35.5. The molecule has 0 aliphatic heterocycles. The summed E-state index contributed by atoms with van der Waals surface area (Å²) in [6.45, 7) is 0.678. The fourth-order valence-electron chi connectivity index (χ4n) is 1.93. The quantitative estimate of drug-likeness (QED) is 0.568. The molecule has 0 radical (unpaired) electrons. The van der Waals surface area contributed by atoms with Crippen molar-refractivity contribution in [3.8, 4) is 5.75 Å². The lowest BCUT2D eigenvalue weighted by Gasteiger charge is -2.14. The van der Waals surface area contributed by atoms with Crippen molar-refractivity contribution in [3.05, 3.63) is 53.1 Å². The smallest absolute Gasteiger partial charge is 0.387 e. The molecule has 26 heavy (non-hydrogen) atoms. The van der Waals surface area contributed by atoms with Crippen molar-refractivity contribution in [1.82, 2.24) is 9.97 Å². The molecule has 2 rings (SSSR count). The molecule has 0 fully saturated rings. The first-order chi connectivity index (χ1) is 12.4. The number of nitrogens with zero attached hydrogens (tertiary/aromatic N) is 3.